The zero-order valence-corrected chi connectivity index (χ0v) is 14.0. The summed E-state index contributed by atoms with van der Waals surface area (Å²) in [6.45, 7) is 7.66. The second-order valence-corrected chi connectivity index (χ2v) is 8.67. The molecule has 5 nitrogen and oxygen atoms in total. The van der Waals surface area contributed by atoms with Gasteiger partial charge in [0.25, 0.3) is 0 Å². The number of amidine groups is 1. The fourth-order valence-corrected chi connectivity index (χ4v) is 3.52. The first-order valence-electron chi connectivity index (χ1n) is 6.87. The van der Waals surface area contributed by atoms with E-state index in [-0.39, 0.29) is 21.9 Å². The van der Waals surface area contributed by atoms with Crippen molar-refractivity contribution in [3.63, 3.8) is 0 Å². The van der Waals surface area contributed by atoms with Crippen molar-refractivity contribution in [3.05, 3.63) is 29.8 Å². The highest BCUT2D eigenvalue weighted by Gasteiger charge is 2.18. The van der Waals surface area contributed by atoms with Crippen LogP contribution < -0.4 is 5.73 Å². The molecular formula is C15H25N3O2S. The van der Waals surface area contributed by atoms with Gasteiger partial charge in [0.2, 0.25) is 0 Å². The van der Waals surface area contributed by atoms with E-state index in [1.165, 1.54) is 6.07 Å². The molecule has 0 spiro atoms. The highest BCUT2D eigenvalue weighted by Crippen LogP contribution is 2.16. The zero-order valence-electron chi connectivity index (χ0n) is 13.2. The van der Waals surface area contributed by atoms with Gasteiger partial charge in [-0.25, -0.2) is 8.42 Å². The van der Waals surface area contributed by atoms with Gasteiger partial charge in [-0.15, -0.1) is 0 Å². The van der Waals surface area contributed by atoms with E-state index in [4.69, 9.17) is 11.1 Å². The topological polar surface area (TPSA) is 87.2 Å². The third-order valence-electron chi connectivity index (χ3n) is 2.99. The number of nitrogen functional groups attached to an aromatic ring is 1. The van der Waals surface area contributed by atoms with Crippen LogP contribution in [0.1, 0.15) is 26.3 Å². The Kier molecular flexibility index (Phi) is 5.53. The third kappa shape index (κ3) is 5.85. The molecule has 0 radical (unpaired) electrons. The minimum Gasteiger partial charge on any atom is -0.384 e. The van der Waals surface area contributed by atoms with Crippen LogP contribution in [0.25, 0.3) is 0 Å². The molecule has 0 fully saturated rings. The van der Waals surface area contributed by atoms with Crippen LogP contribution in [0.15, 0.2) is 29.2 Å². The summed E-state index contributed by atoms with van der Waals surface area (Å²) in [7, 11) is -1.44. The summed E-state index contributed by atoms with van der Waals surface area (Å²) in [5.41, 5.74) is 5.96. The summed E-state index contributed by atoms with van der Waals surface area (Å²) in [6, 6.07) is 6.25. The van der Waals surface area contributed by atoms with E-state index in [0.717, 1.165) is 6.54 Å². The molecule has 0 amide bonds. The number of hydrogen-bond donors (Lipinski definition) is 2. The molecule has 6 heteroatoms. The van der Waals surface area contributed by atoms with Gasteiger partial charge in [0, 0.05) is 18.7 Å². The molecule has 0 saturated heterocycles. The molecule has 0 bridgehead atoms. The van der Waals surface area contributed by atoms with Crippen LogP contribution in [0.3, 0.4) is 0 Å². The standard InChI is InChI=1S/C15H25N3O2S/c1-15(2,3)11-18(4)8-9-21(19,20)13-7-5-6-12(10-13)14(16)17/h5-7,10H,8-9,11H2,1-4H3,(H3,16,17). The first-order valence-corrected chi connectivity index (χ1v) is 8.52. The van der Waals surface area contributed by atoms with E-state index in [0.29, 0.717) is 12.1 Å². The van der Waals surface area contributed by atoms with E-state index in [2.05, 4.69) is 20.8 Å². The molecule has 0 aliphatic carbocycles. The van der Waals surface area contributed by atoms with Gasteiger partial charge >= 0.3 is 0 Å². The maximum atomic E-state index is 12.3. The highest BCUT2D eigenvalue weighted by molar-refractivity contribution is 7.91. The molecule has 0 heterocycles. The molecule has 0 atom stereocenters. The third-order valence-corrected chi connectivity index (χ3v) is 4.68. The lowest BCUT2D eigenvalue weighted by atomic mass is 9.96. The molecule has 1 rings (SSSR count). The molecular weight excluding hydrogens is 286 g/mol. The van der Waals surface area contributed by atoms with E-state index < -0.39 is 9.84 Å². The molecule has 0 unspecified atom stereocenters. The Labute approximate surface area is 127 Å². The number of nitrogens with one attached hydrogen (secondary N) is 1. The van der Waals surface area contributed by atoms with Crippen molar-refractivity contribution in [1.82, 2.24) is 4.90 Å². The quantitative estimate of drug-likeness (QED) is 0.618. The van der Waals surface area contributed by atoms with Gasteiger partial charge in [-0.1, -0.05) is 32.9 Å². The van der Waals surface area contributed by atoms with E-state index >= 15 is 0 Å². The van der Waals surface area contributed by atoms with Crippen molar-refractivity contribution < 1.29 is 8.42 Å². The normalized spacial score (nSPS) is 12.6. The number of nitrogens with zero attached hydrogens (tertiary/aromatic N) is 1. The molecule has 3 N–H and O–H groups in total. The number of hydrogen-bond acceptors (Lipinski definition) is 4. The average molecular weight is 311 g/mol. The number of nitrogens with two attached hydrogens (primary N) is 1. The average Bonchev–Trinajstić information content (AvgIpc) is 2.35. The van der Waals surface area contributed by atoms with Crippen molar-refractivity contribution in [1.29, 1.82) is 5.41 Å². The van der Waals surface area contributed by atoms with Crippen molar-refractivity contribution in [3.8, 4) is 0 Å². The minimum atomic E-state index is -3.36. The van der Waals surface area contributed by atoms with Crippen LogP contribution in [0.2, 0.25) is 0 Å². The van der Waals surface area contributed by atoms with Crippen molar-refractivity contribution in [2.24, 2.45) is 11.1 Å². The molecule has 0 aromatic heterocycles. The molecule has 0 saturated carbocycles. The fourth-order valence-electron chi connectivity index (χ4n) is 2.14. The predicted octanol–water partition coefficient (Wildman–Crippen LogP) is 1.72. The lowest BCUT2D eigenvalue weighted by molar-refractivity contribution is 0.236. The molecule has 118 valence electrons. The molecule has 1 aromatic rings. The number of benzene rings is 1. The van der Waals surface area contributed by atoms with Gasteiger partial charge < -0.3 is 10.6 Å². The van der Waals surface area contributed by atoms with E-state index in [1.807, 2.05) is 11.9 Å². The molecule has 1 aromatic carbocycles. The Morgan fingerprint density at radius 1 is 1.33 bits per heavy atom. The maximum Gasteiger partial charge on any atom is 0.179 e. The van der Waals surface area contributed by atoms with Crippen molar-refractivity contribution in [2.75, 3.05) is 25.9 Å². The Balaban J connectivity index is 2.78. The summed E-state index contributed by atoms with van der Waals surface area (Å²) in [6.07, 6.45) is 0. The summed E-state index contributed by atoms with van der Waals surface area (Å²) >= 11 is 0. The smallest absolute Gasteiger partial charge is 0.179 e. The van der Waals surface area contributed by atoms with Crippen LogP contribution in [0.4, 0.5) is 0 Å². The van der Waals surface area contributed by atoms with Gasteiger partial charge in [0.05, 0.1) is 10.6 Å². The van der Waals surface area contributed by atoms with E-state index in [9.17, 15) is 8.42 Å². The van der Waals surface area contributed by atoms with Crippen molar-refractivity contribution in [2.45, 2.75) is 25.7 Å². The maximum absolute atomic E-state index is 12.3. The Bertz CT molecular complexity index is 604. The molecule has 0 aliphatic rings. The predicted molar refractivity (Wildman–Crippen MR) is 86.5 cm³/mol. The first kappa shape index (κ1) is 17.7. The number of sulfone groups is 1. The highest BCUT2D eigenvalue weighted by atomic mass is 32.2. The van der Waals surface area contributed by atoms with Crippen LogP contribution in [-0.4, -0.2) is 45.0 Å². The molecule has 21 heavy (non-hydrogen) atoms. The fraction of sp³-hybridized carbons (Fsp3) is 0.533. The van der Waals surface area contributed by atoms with Crippen LogP contribution in [0.5, 0.6) is 0 Å². The summed E-state index contributed by atoms with van der Waals surface area (Å²) in [4.78, 5) is 2.24. The summed E-state index contributed by atoms with van der Waals surface area (Å²) < 4.78 is 24.7. The van der Waals surface area contributed by atoms with Crippen LogP contribution in [-0.2, 0) is 9.84 Å². The zero-order chi connectivity index (χ0) is 16.3. The number of rotatable bonds is 6. The van der Waals surface area contributed by atoms with Gasteiger partial charge in [0.15, 0.2) is 9.84 Å². The minimum absolute atomic E-state index is 0.0565. The Morgan fingerprint density at radius 3 is 2.48 bits per heavy atom. The Hall–Kier alpha value is -1.40. The van der Waals surface area contributed by atoms with Gasteiger partial charge in [0.1, 0.15) is 5.84 Å². The van der Waals surface area contributed by atoms with Crippen LogP contribution in [0, 0.1) is 10.8 Å². The van der Waals surface area contributed by atoms with Gasteiger partial charge in [-0.05, 0) is 24.6 Å². The lowest BCUT2D eigenvalue weighted by Gasteiger charge is -2.26. The van der Waals surface area contributed by atoms with Gasteiger partial charge in [-0.2, -0.15) is 0 Å². The van der Waals surface area contributed by atoms with Crippen molar-refractivity contribution >= 4 is 15.7 Å². The lowest BCUT2D eigenvalue weighted by Crippen LogP contribution is -2.33. The summed E-state index contributed by atoms with van der Waals surface area (Å²) in [5, 5.41) is 7.38. The Morgan fingerprint density at radius 2 is 1.95 bits per heavy atom. The monoisotopic (exact) mass is 311 g/mol. The van der Waals surface area contributed by atoms with Gasteiger partial charge in [-0.3, -0.25) is 5.41 Å². The SMILES string of the molecule is CN(CCS(=O)(=O)c1cccc(C(=N)N)c1)CC(C)(C)C. The van der Waals surface area contributed by atoms with Crippen LogP contribution >= 0.6 is 0 Å². The summed E-state index contributed by atoms with van der Waals surface area (Å²) in [5.74, 6) is -0.0714. The second kappa shape index (κ2) is 6.58. The largest absolute Gasteiger partial charge is 0.384 e. The van der Waals surface area contributed by atoms with E-state index in [1.54, 1.807) is 18.2 Å². The first-order chi connectivity index (χ1) is 9.51. The molecule has 0 aliphatic heterocycles. The second-order valence-electron chi connectivity index (χ2n) is 6.56.